The van der Waals surface area contributed by atoms with Crippen molar-refractivity contribution in [3.63, 3.8) is 0 Å². The number of carboxylic acids is 1. The summed E-state index contributed by atoms with van der Waals surface area (Å²) in [5.41, 5.74) is 0. The molecule has 2 amide bonds. The molecule has 0 saturated heterocycles. The van der Waals surface area contributed by atoms with E-state index >= 15 is 0 Å². The molecular weight excluding hydrogens is 270 g/mol. The molecule has 1 aliphatic rings. The van der Waals surface area contributed by atoms with Gasteiger partial charge in [-0.1, -0.05) is 0 Å². The smallest absolute Gasteiger partial charge is 0.315 e. The molecule has 0 radical (unpaired) electrons. The van der Waals surface area contributed by atoms with Crippen LogP contribution in [0.3, 0.4) is 0 Å². The topological polar surface area (TPSA) is 81.7 Å². The first-order valence-corrected chi connectivity index (χ1v) is 7.84. The third-order valence-electron chi connectivity index (χ3n) is 4.10. The average Bonchev–Trinajstić information content (AvgIpc) is 2.82. The van der Waals surface area contributed by atoms with E-state index in [2.05, 4.69) is 43.2 Å². The minimum Gasteiger partial charge on any atom is -0.481 e. The van der Waals surface area contributed by atoms with Crippen LogP contribution in [0, 0.1) is 5.92 Å². The monoisotopic (exact) mass is 299 g/mol. The zero-order valence-corrected chi connectivity index (χ0v) is 13.6. The van der Waals surface area contributed by atoms with Gasteiger partial charge in [0.2, 0.25) is 0 Å². The number of nitrogens with zero attached hydrogens (tertiary/aromatic N) is 1. The van der Waals surface area contributed by atoms with Crippen molar-refractivity contribution in [2.24, 2.45) is 5.92 Å². The fourth-order valence-electron chi connectivity index (χ4n) is 2.98. The summed E-state index contributed by atoms with van der Waals surface area (Å²) in [6.07, 6.45) is 1.93. The molecule has 0 aromatic heterocycles. The van der Waals surface area contributed by atoms with Gasteiger partial charge in [0.15, 0.2) is 0 Å². The predicted octanol–water partition coefficient (Wildman–Crippen LogP) is 1.66. The van der Waals surface area contributed by atoms with Gasteiger partial charge < -0.3 is 15.7 Å². The number of carbonyl (C=O) groups is 2. The quantitative estimate of drug-likeness (QED) is 0.668. The van der Waals surface area contributed by atoms with Gasteiger partial charge in [-0.15, -0.1) is 0 Å². The molecular formula is C15H29N3O3. The highest BCUT2D eigenvalue weighted by Gasteiger charge is 2.30. The number of hydrogen-bond acceptors (Lipinski definition) is 3. The van der Waals surface area contributed by atoms with E-state index in [0.717, 1.165) is 13.0 Å². The third kappa shape index (κ3) is 5.91. The maximum atomic E-state index is 11.8. The van der Waals surface area contributed by atoms with Crippen LogP contribution >= 0.6 is 0 Å². The second-order valence-corrected chi connectivity index (χ2v) is 6.37. The molecule has 0 aromatic rings. The minimum atomic E-state index is -0.760. The molecule has 6 nitrogen and oxygen atoms in total. The highest BCUT2D eigenvalue weighted by molar-refractivity contribution is 5.75. The van der Waals surface area contributed by atoms with Crippen LogP contribution in [0.5, 0.6) is 0 Å². The van der Waals surface area contributed by atoms with Gasteiger partial charge in [0.1, 0.15) is 0 Å². The molecule has 6 heteroatoms. The zero-order valence-electron chi connectivity index (χ0n) is 13.6. The molecule has 0 aliphatic heterocycles. The summed E-state index contributed by atoms with van der Waals surface area (Å²) in [7, 11) is 0. The molecule has 0 aromatic carbocycles. The van der Waals surface area contributed by atoms with E-state index in [-0.39, 0.29) is 18.0 Å². The van der Waals surface area contributed by atoms with Gasteiger partial charge in [-0.2, -0.15) is 0 Å². The van der Waals surface area contributed by atoms with Crippen LogP contribution in [0.15, 0.2) is 0 Å². The van der Waals surface area contributed by atoms with Crippen molar-refractivity contribution < 1.29 is 14.7 Å². The highest BCUT2D eigenvalue weighted by atomic mass is 16.4. The van der Waals surface area contributed by atoms with Gasteiger partial charge in [-0.25, -0.2) is 4.79 Å². The molecule has 1 saturated carbocycles. The maximum Gasteiger partial charge on any atom is 0.315 e. The Labute approximate surface area is 127 Å². The summed E-state index contributed by atoms with van der Waals surface area (Å²) in [4.78, 5) is 25.0. The maximum absolute atomic E-state index is 11.8. The second-order valence-electron chi connectivity index (χ2n) is 6.37. The Morgan fingerprint density at radius 1 is 1.19 bits per heavy atom. The van der Waals surface area contributed by atoms with E-state index in [1.807, 2.05) is 0 Å². The number of rotatable bonds is 7. The average molecular weight is 299 g/mol. The molecule has 1 fully saturated rings. The van der Waals surface area contributed by atoms with E-state index < -0.39 is 5.97 Å². The Bertz CT molecular complexity index is 350. The SMILES string of the molecule is CC(C)N(CCNC(=O)NC1CCC(C(=O)O)C1)C(C)C. The number of carbonyl (C=O) groups excluding carboxylic acids is 1. The molecule has 1 aliphatic carbocycles. The van der Waals surface area contributed by atoms with E-state index in [9.17, 15) is 9.59 Å². The minimum absolute atomic E-state index is 0.0163. The molecule has 0 spiro atoms. The predicted molar refractivity (Wildman–Crippen MR) is 82.3 cm³/mol. The van der Waals surface area contributed by atoms with Crippen molar-refractivity contribution >= 4 is 12.0 Å². The largest absolute Gasteiger partial charge is 0.481 e. The standard InChI is InChI=1S/C15H29N3O3/c1-10(2)18(11(3)4)8-7-16-15(21)17-13-6-5-12(9-13)14(19)20/h10-13H,5-9H2,1-4H3,(H,19,20)(H2,16,17,21). The summed E-state index contributed by atoms with van der Waals surface area (Å²) in [6.45, 7) is 9.98. The van der Waals surface area contributed by atoms with Crippen LogP contribution in [0.25, 0.3) is 0 Å². The number of nitrogens with one attached hydrogen (secondary N) is 2. The van der Waals surface area contributed by atoms with Crippen molar-refractivity contribution in [1.29, 1.82) is 0 Å². The van der Waals surface area contributed by atoms with Gasteiger partial charge in [0.05, 0.1) is 5.92 Å². The fraction of sp³-hybridized carbons (Fsp3) is 0.867. The summed E-state index contributed by atoms with van der Waals surface area (Å²) >= 11 is 0. The number of carboxylic acid groups (broad SMARTS) is 1. The van der Waals surface area contributed by atoms with Crippen molar-refractivity contribution in [2.45, 2.75) is 65.1 Å². The lowest BCUT2D eigenvalue weighted by Crippen LogP contribution is -2.46. The second kappa shape index (κ2) is 8.22. The van der Waals surface area contributed by atoms with Gasteiger partial charge >= 0.3 is 12.0 Å². The normalized spacial score (nSPS) is 22.0. The molecule has 21 heavy (non-hydrogen) atoms. The van der Waals surface area contributed by atoms with Crippen LogP contribution in [0.1, 0.15) is 47.0 Å². The highest BCUT2D eigenvalue weighted by Crippen LogP contribution is 2.25. The summed E-state index contributed by atoms with van der Waals surface area (Å²) < 4.78 is 0. The van der Waals surface area contributed by atoms with E-state index in [1.165, 1.54) is 0 Å². The zero-order chi connectivity index (χ0) is 16.0. The number of hydrogen-bond donors (Lipinski definition) is 3. The summed E-state index contributed by atoms with van der Waals surface area (Å²) in [6, 6.07) is 0.679. The van der Waals surface area contributed by atoms with Crippen molar-refractivity contribution in [3.8, 4) is 0 Å². The molecule has 3 N–H and O–H groups in total. The van der Waals surface area contributed by atoms with Gasteiger partial charge in [0, 0.05) is 31.2 Å². The number of aliphatic carboxylic acids is 1. The number of urea groups is 1. The molecule has 0 bridgehead atoms. The van der Waals surface area contributed by atoms with E-state index in [4.69, 9.17) is 5.11 Å². The van der Waals surface area contributed by atoms with Gasteiger partial charge in [-0.05, 0) is 47.0 Å². The number of amides is 2. The summed E-state index contributed by atoms with van der Waals surface area (Å²) in [5, 5.41) is 14.7. The molecule has 0 heterocycles. The van der Waals surface area contributed by atoms with Crippen LogP contribution in [0.4, 0.5) is 4.79 Å². The van der Waals surface area contributed by atoms with Gasteiger partial charge in [0.25, 0.3) is 0 Å². The van der Waals surface area contributed by atoms with Crippen LogP contribution < -0.4 is 10.6 Å². The first-order chi connectivity index (χ1) is 9.81. The molecule has 1 rings (SSSR count). The first-order valence-electron chi connectivity index (χ1n) is 7.84. The Hall–Kier alpha value is -1.30. The third-order valence-corrected chi connectivity index (χ3v) is 4.10. The Kier molecular flexibility index (Phi) is 6.95. The van der Waals surface area contributed by atoms with Crippen LogP contribution in [0.2, 0.25) is 0 Å². The molecule has 2 unspecified atom stereocenters. The van der Waals surface area contributed by atoms with Crippen molar-refractivity contribution in [2.75, 3.05) is 13.1 Å². The van der Waals surface area contributed by atoms with Gasteiger partial charge in [-0.3, -0.25) is 9.69 Å². The molecule has 2 atom stereocenters. The Morgan fingerprint density at radius 2 is 1.81 bits per heavy atom. The Balaban J connectivity index is 2.24. The van der Waals surface area contributed by atoms with Crippen molar-refractivity contribution in [3.05, 3.63) is 0 Å². The lowest BCUT2D eigenvalue weighted by molar-refractivity contribution is -0.141. The first kappa shape index (κ1) is 17.8. The van der Waals surface area contributed by atoms with Crippen molar-refractivity contribution in [1.82, 2.24) is 15.5 Å². The fourth-order valence-corrected chi connectivity index (χ4v) is 2.98. The Morgan fingerprint density at radius 3 is 2.29 bits per heavy atom. The molecule has 122 valence electrons. The lowest BCUT2D eigenvalue weighted by atomic mass is 10.1. The van der Waals surface area contributed by atoms with E-state index in [0.29, 0.717) is 31.5 Å². The summed E-state index contributed by atoms with van der Waals surface area (Å²) in [5.74, 6) is -1.07. The lowest BCUT2D eigenvalue weighted by Gasteiger charge is -2.30. The van der Waals surface area contributed by atoms with E-state index in [1.54, 1.807) is 0 Å². The van der Waals surface area contributed by atoms with Crippen LogP contribution in [-0.2, 0) is 4.79 Å². The van der Waals surface area contributed by atoms with Crippen LogP contribution in [-0.4, -0.2) is 53.2 Å².